The number of ether oxygens (including phenoxy) is 3. The van der Waals surface area contributed by atoms with Crippen LogP contribution in [0, 0.1) is 10.8 Å². The molecule has 4 heteroatoms. The Balaban J connectivity index is 2.03. The standard InChI is InChI=1S/C16H28O3S/c1-9-10(2)18-15(17-9)13(5,6)16(14(15,7)8)19-11(3)12(4)20-16/h9-12H,1-8H3/t9-,10-,11+,12+/m0/s1. The van der Waals surface area contributed by atoms with Gasteiger partial charge in [-0.1, -0.05) is 34.6 Å². The van der Waals surface area contributed by atoms with Gasteiger partial charge < -0.3 is 14.2 Å². The molecule has 0 aromatic heterocycles. The topological polar surface area (TPSA) is 27.7 Å². The van der Waals surface area contributed by atoms with Crippen molar-refractivity contribution < 1.29 is 14.2 Å². The average molecular weight is 300 g/mol. The van der Waals surface area contributed by atoms with Gasteiger partial charge in [0, 0.05) is 5.25 Å². The summed E-state index contributed by atoms with van der Waals surface area (Å²) in [6, 6.07) is 0. The van der Waals surface area contributed by atoms with Gasteiger partial charge in [0.05, 0.1) is 29.1 Å². The fourth-order valence-corrected chi connectivity index (χ4v) is 6.43. The first kappa shape index (κ1) is 15.1. The first-order valence-electron chi connectivity index (χ1n) is 7.74. The van der Waals surface area contributed by atoms with Crippen molar-refractivity contribution in [1.29, 1.82) is 0 Å². The lowest BCUT2D eigenvalue weighted by Gasteiger charge is -2.73. The van der Waals surface area contributed by atoms with E-state index in [1.807, 2.05) is 11.8 Å². The van der Waals surface area contributed by atoms with E-state index in [1.165, 1.54) is 0 Å². The molecule has 1 aliphatic carbocycles. The Morgan fingerprint density at radius 3 is 1.50 bits per heavy atom. The molecule has 2 aliphatic heterocycles. The number of thioether (sulfide) groups is 1. The molecule has 0 radical (unpaired) electrons. The summed E-state index contributed by atoms with van der Waals surface area (Å²) >= 11 is 1.96. The largest absolute Gasteiger partial charge is 0.359 e. The molecule has 3 rings (SSSR count). The van der Waals surface area contributed by atoms with Crippen LogP contribution in [0.25, 0.3) is 0 Å². The van der Waals surface area contributed by atoms with Crippen molar-refractivity contribution in [1.82, 2.24) is 0 Å². The molecule has 1 saturated carbocycles. The fraction of sp³-hybridized carbons (Fsp3) is 1.00. The van der Waals surface area contributed by atoms with Gasteiger partial charge in [0.1, 0.15) is 4.93 Å². The molecular weight excluding hydrogens is 272 g/mol. The third-order valence-corrected chi connectivity index (χ3v) is 8.22. The molecule has 20 heavy (non-hydrogen) atoms. The Morgan fingerprint density at radius 1 is 0.700 bits per heavy atom. The third-order valence-electron chi connectivity index (χ3n) is 6.02. The Hall–Kier alpha value is 0.230. The molecule has 4 atom stereocenters. The first-order valence-corrected chi connectivity index (χ1v) is 8.62. The summed E-state index contributed by atoms with van der Waals surface area (Å²) in [5.41, 5.74) is -0.349. The van der Waals surface area contributed by atoms with Gasteiger partial charge in [-0.2, -0.15) is 0 Å². The molecule has 0 unspecified atom stereocenters. The highest BCUT2D eigenvalue weighted by atomic mass is 32.2. The van der Waals surface area contributed by atoms with E-state index in [0.717, 1.165) is 0 Å². The maximum Gasteiger partial charge on any atom is 0.186 e. The van der Waals surface area contributed by atoms with Crippen LogP contribution in [0.3, 0.4) is 0 Å². The van der Waals surface area contributed by atoms with E-state index >= 15 is 0 Å². The molecule has 0 bridgehead atoms. The highest BCUT2D eigenvalue weighted by Gasteiger charge is 2.87. The first-order chi connectivity index (χ1) is 9.02. The van der Waals surface area contributed by atoms with E-state index < -0.39 is 5.79 Å². The highest BCUT2D eigenvalue weighted by molar-refractivity contribution is 8.01. The zero-order valence-electron chi connectivity index (χ0n) is 13.9. The Kier molecular flexibility index (Phi) is 2.99. The van der Waals surface area contributed by atoms with Gasteiger partial charge in [0.25, 0.3) is 0 Å². The molecule has 0 aromatic rings. The molecule has 2 saturated heterocycles. The minimum atomic E-state index is -0.546. The Morgan fingerprint density at radius 2 is 1.15 bits per heavy atom. The molecular formula is C16H28O3S. The van der Waals surface area contributed by atoms with Crippen LogP contribution in [0.1, 0.15) is 55.4 Å². The molecule has 0 amide bonds. The van der Waals surface area contributed by atoms with Crippen molar-refractivity contribution in [3.63, 3.8) is 0 Å². The maximum atomic E-state index is 6.49. The monoisotopic (exact) mass is 300 g/mol. The van der Waals surface area contributed by atoms with E-state index in [-0.39, 0.29) is 34.1 Å². The van der Waals surface area contributed by atoms with Crippen molar-refractivity contribution in [2.45, 2.75) is 89.7 Å². The van der Waals surface area contributed by atoms with E-state index in [2.05, 4.69) is 55.4 Å². The van der Waals surface area contributed by atoms with Crippen LogP contribution in [-0.2, 0) is 14.2 Å². The SMILES string of the molecule is C[C@@H]1OC2(O[C@H]1C)C(C)(C)C1(O[C@H](C)[C@@H](C)S1)C2(C)C. The molecule has 3 fully saturated rings. The fourth-order valence-electron chi connectivity index (χ4n) is 4.60. The molecule has 2 heterocycles. The predicted octanol–water partition coefficient (Wildman–Crippen LogP) is 3.81. The minimum Gasteiger partial charge on any atom is -0.359 e. The second-order valence-corrected chi connectivity index (χ2v) is 9.33. The quantitative estimate of drug-likeness (QED) is 0.680. The van der Waals surface area contributed by atoms with Crippen LogP contribution in [0.2, 0.25) is 0 Å². The Labute approximate surface area is 127 Å². The smallest absolute Gasteiger partial charge is 0.186 e. The number of rotatable bonds is 0. The summed E-state index contributed by atoms with van der Waals surface area (Å²) in [7, 11) is 0. The molecule has 116 valence electrons. The Bertz CT molecular complexity index is 355. The minimum absolute atomic E-state index is 0.132. The average Bonchev–Trinajstić information content (AvgIpc) is 2.81. The summed E-state index contributed by atoms with van der Waals surface area (Å²) < 4.78 is 19.2. The lowest BCUT2D eigenvalue weighted by molar-refractivity contribution is -0.434. The van der Waals surface area contributed by atoms with E-state index in [0.29, 0.717) is 5.25 Å². The molecule has 0 aromatic carbocycles. The van der Waals surface area contributed by atoms with Crippen molar-refractivity contribution in [3.8, 4) is 0 Å². The highest BCUT2D eigenvalue weighted by Crippen LogP contribution is 2.79. The van der Waals surface area contributed by atoms with E-state index in [1.54, 1.807) is 0 Å². The summed E-state index contributed by atoms with van der Waals surface area (Å²) in [6.45, 7) is 17.6. The third kappa shape index (κ3) is 1.31. The summed E-state index contributed by atoms with van der Waals surface area (Å²) in [6.07, 6.45) is 0.534. The lowest BCUT2D eigenvalue weighted by atomic mass is 9.47. The molecule has 2 spiro atoms. The van der Waals surface area contributed by atoms with Gasteiger partial charge in [-0.3, -0.25) is 0 Å². The normalized spacial score (nSPS) is 46.8. The van der Waals surface area contributed by atoms with Crippen LogP contribution in [0.4, 0.5) is 0 Å². The van der Waals surface area contributed by atoms with E-state index in [9.17, 15) is 0 Å². The summed E-state index contributed by atoms with van der Waals surface area (Å²) in [4.78, 5) is -0.234. The van der Waals surface area contributed by atoms with Gasteiger partial charge in [-0.05, 0) is 20.8 Å². The van der Waals surface area contributed by atoms with Gasteiger partial charge >= 0.3 is 0 Å². The lowest BCUT2D eigenvalue weighted by Crippen LogP contribution is -2.83. The van der Waals surface area contributed by atoms with Crippen LogP contribution >= 0.6 is 11.8 Å². The van der Waals surface area contributed by atoms with Crippen LogP contribution in [0.5, 0.6) is 0 Å². The van der Waals surface area contributed by atoms with Crippen LogP contribution in [-0.4, -0.2) is 34.3 Å². The number of hydrogen-bond acceptors (Lipinski definition) is 4. The van der Waals surface area contributed by atoms with Gasteiger partial charge in [0.2, 0.25) is 0 Å². The number of hydrogen-bond donors (Lipinski definition) is 0. The second-order valence-electron chi connectivity index (χ2n) is 7.78. The molecule has 3 aliphatic rings. The van der Waals surface area contributed by atoms with E-state index in [4.69, 9.17) is 14.2 Å². The summed E-state index contributed by atoms with van der Waals surface area (Å²) in [5.74, 6) is -0.546. The van der Waals surface area contributed by atoms with Crippen LogP contribution < -0.4 is 0 Å². The maximum absolute atomic E-state index is 6.49. The van der Waals surface area contributed by atoms with Gasteiger partial charge in [-0.15, -0.1) is 11.8 Å². The second kappa shape index (κ2) is 3.95. The molecule has 0 N–H and O–H groups in total. The summed E-state index contributed by atoms with van der Waals surface area (Å²) in [5, 5.41) is 0.502. The predicted molar refractivity (Wildman–Crippen MR) is 81.7 cm³/mol. The zero-order valence-corrected chi connectivity index (χ0v) is 14.8. The van der Waals surface area contributed by atoms with Crippen molar-refractivity contribution >= 4 is 11.8 Å². The van der Waals surface area contributed by atoms with Gasteiger partial charge in [-0.25, -0.2) is 0 Å². The van der Waals surface area contributed by atoms with Crippen molar-refractivity contribution in [3.05, 3.63) is 0 Å². The van der Waals surface area contributed by atoms with Crippen LogP contribution in [0.15, 0.2) is 0 Å². The van der Waals surface area contributed by atoms with Gasteiger partial charge in [0.15, 0.2) is 5.79 Å². The zero-order chi connectivity index (χ0) is 15.1. The van der Waals surface area contributed by atoms with Crippen molar-refractivity contribution in [2.75, 3.05) is 0 Å². The molecule has 3 nitrogen and oxygen atoms in total. The van der Waals surface area contributed by atoms with Crippen molar-refractivity contribution in [2.24, 2.45) is 10.8 Å².